The normalized spacial score (nSPS) is 15.2. The van der Waals surface area contributed by atoms with Gasteiger partial charge in [-0.05, 0) is 31.2 Å². The van der Waals surface area contributed by atoms with E-state index in [1.807, 2.05) is 0 Å². The Morgan fingerprint density at radius 3 is 2.57 bits per heavy atom. The van der Waals surface area contributed by atoms with Crippen LogP contribution in [-0.4, -0.2) is 67.1 Å². The number of carbonyl (C=O) groups is 2. The summed E-state index contributed by atoms with van der Waals surface area (Å²) in [5.41, 5.74) is 0.149. The minimum atomic E-state index is -3.64. The molecule has 0 saturated carbocycles. The molecule has 2 aromatic rings. The van der Waals surface area contributed by atoms with E-state index in [9.17, 15) is 18.0 Å². The first-order valence-electron chi connectivity index (χ1n) is 8.42. The lowest BCUT2D eigenvalue weighted by Crippen LogP contribution is -2.40. The molecule has 28 heavy (non-hydrogen) atoms. The van der Waals surface area contributed by atoms with E-state index in [1.165, 1.54) is 28.6 Å². The zero-order valence-corrected chi connectivity index (χ0v) is 16.6. The molecular formula is C16H18N4O6S2. The average Bonchev–Trinajstić information content (AvgIpc) is 3.17. The molecule has 1 fully saturated rings. The van der Waals surface area contributed by atoms with Gasteiger partial charge in [-0.2, -0.15) is 4.31 Å². The molecule has 0 aliphatic carbocycles. The van der Waals surface area contributed by atoms with Crippen LogP contribution in [0.25, 0.3) is 0 Å². The zero-order chi connectivity index (χ0) is 20.1. The monoisotopic (exact) mass is 426 g/mol. The molecule has 0 spiro atoms. The number of benzene rings is 1. The highest BCUT2D eigenvalue weighted by molar-refractivity contribution is 7.89. The molecular weight excluding hydrogens is 408 g/mol. The van der Waals surface area contributed by atoms with E-state index in [1.54, 1.807) is 6.92 Å². The summed E-state index contributed by atoms with van der Waals surface area (Å²) in [4.78, 5) is 24.3. The molecule has 1 N–H and O–H groups in total. The number of hydrogen-bond donors (Lipinski definition) is 1. The van der Waals surface area contributed by atoms with Crippen LogP contribution in [0.15, 0.2) is 29.2 Å². The van der Waals surface area contributed by atoms with Crippen LogP contribution < -0.4 is 5.32 Å². The highest BCUT2D eigenvalue weighted by Crippen LogP contribution is 2.21. The van der Waals surface area contributed by atoms with Gasteiger partial charge < -0.3 is 14.8 Å². The van der Waals surface area contributed by atoms with E-state index in [4.69, 9.17) is 9.47 Å². The van der Waals surface area contributed by atoms with Crippen molar-refractivity contribution in [3.8, 4) is 0 Å². The van der Waals surface area contributed by atoms with Crippen LogP contribution in [0.4, 0.5) is 5.00 Å². The van der Waals surface area contributed by atoms with Crippen molar-refractivity contribution < 1.29 is 27.5 Å². The Balaban J connectivity index is 1.73. The lowest BCUT2D eigenvalue weighted by atomic mass is 10.2. The molecule has 1 aromatic heterocycles. The third-order valence-electron chi connectivity index (χ3n) is 3.91. The van der Waals surface area contributed by atoms with Crippen LogP contribution >= 0.6 is 11.5 Å². The van der Waals surface area contributed by atoms with Crippen molar-refractivity contribution in [3.05, 3.63) is 35.5 Å². The lowest BCUT2D eigenvalue weighted by Gasteiger charge is -2.26. The number of rotatable bonds is 6. The Kier molecular flexibility index (Phi) is 6.34. The number of sulfonamides is 1. The van der Waals surface area contributed by atoms with E-state index in [0.717, 1.165) is 11.5 Å². The van der Waals surface area contributed by atoms with Gasteiger partial charge in [0.15, 0.2) is 5.00 Å². The van der Waals surface area contributed by atoms with Crippen LogP contribution in [0.5, 0.6) is 0 Å². The van der Waals surface area contributed by atoms with Gasteiger partial charge in [-0.15, -0.1) is 5.10 Å². The van der Waals surface area contributed by atoms with Crippen LogP contribution in [-0.2, 0) is 19.5 Å². The first kappa shape index (κ1) is 20.3. The van der Waals surface area contributed by atoms with E-state index < -0.39 is 21.9 Å². The van der Waals surface area contributed by atoms with Crippen LogP contribution in [0.1, 0.15) is 27.8 Å². The Hall–Kier alpha value is -2.41. The zero-order valence-electron chi connectivity index (χ0n) is 15.0. The standard InChI is InChI=1S/C16H18N4O6S2/c1-2-26-16(22)13-15(27-19-18-13)17-14(21)11-3-5-12(6-4-11)28(23,24)20-7-9-25-10-8-20/h3-6H,2,7-10H2,1H3,(H,17,21). The summed E-state index contributed by atoms with van der Waals surface area (Å²) in [6.07, 6.45) is 0. The maximum absolute atomic E-state index is 12.6. The molecule has 2 heterocycles. The van der Waals surface area contributed by atoms with Gasteiger partial charge in [-0.1, -0.05) is 4.49 Å². The number of nitrogens with one attached hydrogen (secondary N) is 1. The molecule has 150 valence electrons. The van der Waals surface area contributed by atoms with Crippen LogP contribution in [0.2, 0.25) is 0 Å². The number of carbonyl (C=O) groups excluding carboxylic acids is 2. The molecule has 3 rings (SSSR count). The van der Waals surface area contributed by atoms with Gasteiger partial charge in [0, 0.05) is 30.2 Å². The Morgan fingerprint density at radius 2 is 1.93 bits per heavy atom. The number of anilines is 1. The molecule has 1 aliphatic heterocycles. The number of nitrogens with zero attached hydrogens (tertiary/aromatic N) is 3. The molecule has 1 aliphatic rings. The van der Waals surface area contributed by atoms with Gasteiger partial charge in [-0.25, -0.2) is 13.2 Å². The second-order valence-corrected chi connectivity index (χ2v) is 8.36. The van der Waals surface area contributed by atoms with Gasteiger partial charge in [0.25, 0.3) is 5.91 Å². The van der Waals surface area contributed by atoms with Gasteiger partial charge in [0.05, 0.1) is 24.7 Å². The summed E-state index contributed by atoms with van der Waals surface area (Å²) >= 11 is 0.845. The van der Waals surface area contributed by atoms with Gasteiger partial charge >= 0.3 is 5.97 Å². The molecule has 12 heteroatoms. The minimum Gasteiger partial charge on any atom is -0.461 e. The maximum Gasteiger partial charge on any atom is 0.362 e. The summed E-state index contributed by atoms with van der Waals surface area (Å²) in [5.74, 6) is -1.20. The number of hydrogen-bond acceptors (Lipinski definition) is 9. The second kappa shape index (κ2) is 8.73. The first-order valence-corrected chi connectivity index (χ1v) is 10.6. The highest BCUT2D eigenvalue weighted by Gasteiger charge is 2.26. The lowest BCUT2D eigenvalue weighted by molar-refractivity contribution is 0.0520. The number of morpholine rings is 1. The highest BCUT2D eigenvalue weighted by atomic mass is 32.2. The number of ether oxygens (including phenoxy) is 2. The molecule has 0 atom stereocenters. The van der Waals surface area contributed by atoms with Crippen molar-refractivity contribution in [3.63, 3.8) is 0 Å². The van der Waals surface area contributed by atoms with Crippen molar-refractivity contribution in [1.82, 2.24) is 13.9 Å². The topological polar surface area (TPSA) is 128 Å². The Morgan fingerprint density at radius 1 is 1.25 bits per heavy atom. The fraction of sp³-hybridized carbons (Fsp3) is 0.375. The van der Waals surface area contributed by atoms with Crippen molar-refractivity contribution >= 4 is 38.4 Å². The summed E-state index contributed by atoms with van der Waals surface area (Å²) in [6, 6.07) is 5.55. The van der Waals surface area contributed by atoms with Gasteiger partial charge in [0.1, 0.15) is 0 Å². The first-order chi connectivity index (χ1) is 13.4. The predicted molar refractivity (Wildman–Crippen MR) is 99.8 cm³/mol. The van der Waals surface area contributed by atoms with E-state index in [2.05, 4.69) is 14.9 Å². The summed E-state index contributed by atoms with van der Waals surface area (Å²) in [6.45, 7) is 3.11. The second-order valence-electron chi connectivity index (χ2n) is 5.67. The largest absolute Gasteiger partial charge is 0.461 e. The summed E-state index contributed by atoms with van der Waals surface area (Å²) in [7, 11) is -3.64. The van der Waals surface area contributed by atoms with Crippen molar-refractivity contribution in [2.75, 3.05) is 38.2 Å². The third kappa shape index (κ3) is 4.35. The van der Waals surface area contributed by atoms with E-state index >= 15 is 0 Å². The number of amides is 1. The maximum atomic E-state index is 12.6. The predicted octanol–water partition coefficient (Wildman–Crippen LogP) is 0.988. The van der Waals surface area contributed by atoms with Crippen LogP contribution in [0, 0.1) is 0 Å². The van der Waals surface area contributed by atoms with E-state index in [0.29, 0.717) is 26.3 Å². The molecule has 0 bridgehead atoms. The number of aromatic nitrogens is 2. The third-order valence-corrected chi connectivity index (χ3v) is 6.46. The minimum absolute atomic E-state index is 0.0771. The SMILES string of the molecule is CCOC(=O)c1nnsc1NC(=O)c1ccc(S(=O)(=O)N2CCOCC2)cc1. The van der Waals surface area contributed by atoms with E-state index in [-0.39, 0.29) is 27.8 Å². The molecule has 1 aromatic carbocycles. The quantitative estimate of drug-likeness (QED) is 0.677. The smallest absolute Gasteiger partial charge is 0.362 e. The molecule has 0 unspecified atom stereocenters. The van der Waals surface area contributed by atoms with Crippen molar-refractivity contribution in [1.29, 1.82) is 0 Å². The van der Waals surface area contributed by atoms with Crippen molar-refractivity contribution in [2.45, 2.75) is 11.8 Å². The fourth-order valence-electron chi connectivity index (χ4n) is 2.50. The molecule has 10 nitrogen and oxygen atoms in total. The van der Waals surface area contributed by atoms with Gasteiger partial charge in [-0.3, -0.25) is 4.79 Å². The molecule has 0 radical (unpaired) electrons. The van der Waals surface area contributed by atoms with Crippen LogP contribution in [0.3, 0.4) is 0 Å². The van der Waals surface area contributed by atoms with Crippen molar-refractivity contribution in [2.24, 2.45) is 0 Å². The summed E-state index contributed by atoms with van der Waals surface area (Å²) < 4.78 is 40.2. The summed E-state index contributed by atoms with van der Waals surface area (Å²) in [5, 5.41) is 6.37. The molecule has 1 amide bonds. The fourth-order valence-corrected chi connectivity index (χ4v) is 4.46. The van der Waals surface area contributed by atoms with Gasteiger partial charge in [0.2, 0.25) is 15.7 Å². The number of esters is 1. The Labute approximate surface area is 165 Å². The average molecular weight is 426 g/mol. The molecule has 1 saturated heterocycles. The Bertz CT molecular complexity index is 952.